The first-order chi connectivity index (χ1) is 9.70. The maximum atomic E-state index is 10.7. The first kappa shape index (κ1) is 13.7. The molecule has 0 fully saturated rings. The molecule has 0 aliphatic heterocycles. The van der Waals surface area contributed by atoms with Gasteiger partial charge < -0.3 is 10.4 Å². The first-order valence-electron chi connectivity index (χ1n) is 6.28. The molecule has 0 bridgehead atoms. The van der Waals surface area contributed by atoms with Crippen LogP contribution in [0, 0.1) is 0 Å². The number of carboxylic acids is 1. The number of para-hydroxylation sites is 1. The van der Waals surface area contributed by atoms with Gasteiger partial charge in [-0.2, -0.15) is 5.11 Å². The normalized spacial score (nSPS) is 10.7. The molecule has 0 radical (unpaired) electrons. The Labute approximate surface area is 117 Å². The maximum Gasteiger partial charge on any atom is 0.335 e. The number of anilines is 1. The van der Waals surface area contributed by atoms with Gasteiger partial charge in [0.25, 0.3) is 0 Å². The Morgan fingerprint density at radius 1 is 1.10 bits per heavy atom. The molecule has 2 aromatic rings. The van der Waals surface area contributed by atoms with E-state index in [1.165, 1.54) is 12.1 Å². The van der Waals surface area contributed by atoms with E-state index in [1.807, 2.05) is 31.2 Å². The number of benzene rings is 2. The number of carbonyl (C=O) groups is 1. The van der Waals surface area contributed by atoms with Crippen molar-refractivity contribution in [2.75, 3.05) is 11.9 Å². The lowest BCUT2D eigenvalue weighted by atomic mass is 10.2. The molecule has 5 heteroatoms. The molecule has 2 aromatic carbocycles. The van der Waals surface area contributed by atoms with Crippen LogP contribution in [0.5, 0.6) is 0 Å². The Kier molecular flexibility index (Phi) is 4.44. The van der Waals surface area contributed by atoms with Crippen LogP contribution in [0.25, 0.3) is 0 Å². The Balaban J connectivity index is 2.18. The van der Waals surface area contributed by atoms with Gasteiger partial charge in [-0.15, -0.1) is 5.11 Å². The van der Waals surface area contributed by atoms with Gasteiger partial charge in [0, 0.05) is 6.54 Å². The summed E-state index contributed by atoms with van der Waals surface area (Å²) < 4.78 is 0. The van der Waals surface area contributed by atoms with Gasteiger partial charge in [0.05, 0.1) is 16.9 Å². The average Bonchev–Trinajstić information content (AvgIpc) is 2.47. The molecule has 0 saturated carbocycles. The fourth-order valence-corrected chi connectivity index (χ4v) is 1.68. The minimum atomic E-state index is -0.953. The molecule has 0 aliphatic rings. The third-order valence-corrected chi connectivity index (χ3v) is 2.66. The average molecular weight is 269 g/mol. The van der Waals surface area contributed by atoms with Gasteiger partial charge >= 0.3 is 5.97 Å². The number of aromatic carboxylic acids is 1. The summed E-state index contributed by atoms with van der Waals surface area (Å²) >= 11 is 0. The number of rotatable bonds is 5. The standard InChI is InChI=1S/C15H15N3O2/c1-2-16-13-5-3-4-6-14(13)18-17-12-9-7-11(8-10-12)15(19)20/h3-10,16H,2H2,1H3,(H,19,20)/b18-17+. The van der Waals surface area contributed by atoms with Gasteiger partial charge in [-0.05, 0) is 43.3 Å². The van der Waals surface area contributed by atoms with Crippen LogP contribution < -0.4 is 5.32 Å². The second kappa shape index (κ2) is 6.47. The topological polar surface area (TPSA) is 74.0 Å². The van der Waals surface area contributed by atoms with E-state index in [-0.39, 0.29) is 5.56 Å². The summed E-state index contributed by atoms with van der Waals surface area (Å²) in [6, 6.07) is 13.9. The lowest BCUT2D eigenvalue weighted by Gasteiger charge is -2.05. The molecule has 0 heterocycles. The van der Waals surface area contributed by atoms with E-state index in [4.69, 9.17) is 5.11 Å². The maximum absolute atomic E-state index is 10.7. The highest BCUT2D eigenvalue weighted by molar-refractivity contribution is 5.87. The Bertz CT molecular complexity index is 621. The van der Waals surface area contributed by atoms with Crippen LogP contribution in [0.4, 0.5) is 17.1 Å². The van der Waals surface area contributed by atoms with E-state index in [0.717, 1.165) is 17.9 Å². The van der Waals surface area contributed by atoms with Crippen molar-refractivity contribution in [3.8, 4) is 0 Å². The molecule has 2 N–H and O–H groups in total. The van der Waals surface area contributed by atoms with Crippen LogP contribution in [0.3, 0.4) is 0 Å². The summed E-state index contributed by atoms with van der Waals surface area (Å²) in [7, 11) is 0. The van der Waals surface area contributed by atoms with E-state index in [1.54, 1.807) is 12.1 Å². The zero-order chi connectivity index (χ0) is 14.4. The molecule has 0 aliphatic carbocycles. The smallest absolute Gasteiger partial charge is 0.335 e. The van der Waals surface area contributed by atoms with E-state index < -0.39 is 5.97 Å². The Morgan fingerprint density at radius 2 is 1.80 bits per heavy atom. The molecular weight excluding hydrogens is 254 g/mol. The third kappa shape index (κ3) is 3.41. The predicted molar refractivity (Wildman–Crippen MR) is 78.2 cm³/mol. The van der Waals surface area contributed by atoms with Crippen molar-refractivity contribution in [2.24, 2.45) is 10.2 Å². The lowest BCUT2D eigenvalue weighted by Crippen LogP contribution is -1.95. The molecular formula is C15H15N3O2. The summed E-state index contributed by atoms with van der Waals surface area (Å²) in [4.78, 5) is 10.7. The highest BCUT2D eigenvalue weighted by atomic mass is 16.4. The van der Waals surface area contributed by atoms with Crippen LogP contribution >= 0.6 is 0 Å². The molecule has 0 spiro atoms. The van der Waals surface area contributed by atoms with Crippen LogP contribution in [-0.2, 0) is 0 Å². The number of carboxylic acid groups (broad SMARTS) is 1. The largest absolute Gasteiger partial charge is 0.478 e. The lowest BCUT2D eigenvalue weighted by molar-refractivity contribution is 0.0697. The van der Waals surface area contributed by atoms with Gasteiger partial charge in [0.15, 0.2) is 0 Å². The molecule has 0 unspecified atom stereocenters. The number of hydrogen-bond donors (Lipinski definition) is 2. The van der Waals surface area contributed by atoms with Crippen molar-refractivity contribution >= 4 is 23.0 Å². The van der Waals surface area contributed by atoms with Crippen LogP contribution in [0.2, 0.25) is 0 Å². The highest BCUT2D eigenvalue weighted by Crippen LogP contribution is 2.26. The number of azo groups is 1. The summed E-state index contributed by atoms with van der Waals surface area (Å²) in [5.74, 6) is -0.953. The van der Waals surface area contributed by atoms with Gasteiger partial charge in [-0.25, -0.2) is 4.79 Å². The molecule has 0 aromatic heterocycles. The van der Waals surface area contributed by atoms with Crippen molar-refractivity contribution < 1.29 is 9.90 Å². The molecule has 5 nitrogen and oxygen atoms in total. The fourth-order valence-electron chi connectivity index (χ4n) is 1.68. The SMILES string of the molecule is CCNc1ccccc1/N=N/c1ccc(C(=O)O)cc1. The Hall–Kier alpha value is -2.69. The van der Waals surface area contributed by atoms with Crippen LogP contribution in [0.15, 0.2) is 58.8 Å². The van der Waals surface area contributed by atoms with Crippen molar-refractivity contribution in [1.29, 1.82) is 0 Å². The number of nitrogens with one attached hydrogen (secondary N) is 1. The molecule has 2 rings (SSSR count). The monoisotopic (exact) mass is 269 g/mol. The summed E-state index contributed by atoms with van der Waals surface area (Å²) in [5.41, 5.74) is 2.51. The van der Waals surface area contributed by atoms with Crippen molar-refractivity contribution in [2.45, 2.75) is 6.92 Å². The minimum Gasteiger partial charge on any atom is -0.478 e. The summed E-state index contributed by atoms with van der Waals surface area (Å²) in [6.07, 6.45) is 0. The van der Waals surface area contributed by atoms with Crippen LogP contribution in [-0.4, -0.2) is 17.6 Å². The van der Waals surface area contributed by atoms with Gasteiger partial charge in [0.1, 0.15) is 5.69 Å². The molecule has 0 amide bonds. The van der Waals surface area contributed by atoms with Gasteiger partial charge in [-0.3, -0.25) is 0 Å². The van der Waals surface area contributed by atoms with E-state index in [0.29, 0.717) is 5.69 Å². The Morgan fingerprint density at radius 3 is 2.45 bits per heavy atom. The second-order valence-corrected chi connectivity index (χ2v) is 4.10. The fraction of sp³-hybridized carbons (Fsp3) is 0.133. The second-order valence-electron chi connectivity index (χ2n) is 4.10. The van der Waals surface area contributed by atoms with Gasteiger partial charge in [0.2, 0.25) is 0 Å². The van der Waals surface area contributed by atoms with E-state index >= 15 is 0 Å². The van der Waals surface area contributed by atoms with Crippen molar-refractivity contribution in [3.63, 3.8) is 0 Å². The van der Waals surface area contributed by atoms with Crippen LogP contribution in [0.1, 0.15) is 17.3 Å². The predicted octanol–water partition coefficient (Wildman–Crippen LogP) is 4.23. The molecule has 0 saturated heterocycles. The minimum absolute atomic E-state index is 0.233. The number of hydrogen-bond acceptors (Lipinski definition) is 4. The molecule has 20 heavy (non-hydrogen) atoms. The summed E-state index contributed by atoms with van der Waals surface area (Å²) in [5, 5.41) is 20.3. The zero-order valence-electron chi connectivity index (χ0n) is 11.1. The van der Waals surface area contributed by atoms with E-state index in [9.17, 15) is 4.79 Å². The third-order valence-electron chi connectivity index (χ3n) is 2.66. The first-order valence-corrected chi connectivity index (χ1v) is 6.28. The molecule has 0 atom stereocenters. The van der Waals surface area contributed by atoms with Crippen molar-refractivity contribution in [1.82, 2.24) is 0 Å². The zero-order valence-corrected chi connectivity index (χ0v) is 11.1. The number of nitrogens with zero attached hydrogens (tertiary/aromatic N) is 2. The van der Waals surface area contributed by atoms with Gasteiger partial charge in [-0.1, -0.05) is 12.1 Å². The molecule has 102 valence electrons. The van der Waals surface area contributed by atoms with E-state index in [2.05, 4.69) is 15.5 Å². The van der Waals surface area contributed by atoms with Crippen molar-refractivity contribution in [3.05, 3.63) is 54.1 Å². The quantitative estimate of drug-likeness (QED) is 0.797. The highest BCUT2D eigenvalue weighted by Gasteiger charge is 2.01. The summed E-state index contributed by atoms with van der Waals surface area (Å²) in [6.45, 7) is 2.82.